The molecule has 4 nitrogen and oxygen atoms in total. The third-order valence-corrected chi connectivity index (χ3v) is 5.90. The van der Waals surface area contributed by atoms with Gasteiger partial charge in [0.15, 0.2) is 0 Å². The summed E-state index contributed by atoms with van der Waals surface area (Å²) in [5.41, 5.74) is 1.38. The van der Waals surface area contributed by atoms with E-state index in [2.05, 4.69) is 26.0 Å². The number of rotatable bonds is 2. The zero-order chi connectivity index (χ0) is 20.1. The highest BCUT2D eigenvalue weighted by Gasteiger charge is 2.53. The van der Waals surface area contributed by atoms with Gasteiger partial charge in [0.2, 0.25) is 0 Å². The Kier molecular flexibility index (Phi) is 4.03. The molecule has 0 amide bonds. The van der Waals surface area contributed by atoms with E-state index in [1.807, 2.05) is 31.2 Å². The Morgan fingerprint density at radius 2 is 1.36 bits per heavy atom. The predicted octanol–water partition coefficient (Wildman–Crippen LogP) is 5.17. The predicted molar refractivity (Wildman–Crippen MR) is 108 cm³/mol. The van der Waals surface area contributed by atoms with Crippen molar-refractivity contribution in [3.63, 3.8) is 0 Å². The Balaban J connectivity index is 2.02. The lowest BCUT2D eigenvalue weighted by Crippen LogP contribution is -2.49. The molecule has 3 aromatic rings. The molecule has 4 heteroatoms. The summed E-state index contributed by atoms with van der Waals surface area (Å²) in [6.45, 7) is 6.25. The van der Waals surface area contributed by atoms with E-state index >= 15 is 0 Å². The topological polar surface area (TPSA) is 69.9 Å². The number of hydrogen-bond acceptors (Lipinski definition) is 4. The van der Waals surface area contributed by atoms with Crippen molar-refractivity contribution in [2.24, 2.45) is 0 Å². The molecule has 1 aliphatic rings. The molecule has 0 saturated carbocycles. The smallest absolute Gasteiger partial charge is 0.142 e. The normalized spacial score (nSPS) is 22.9. The van der Waals surface area contributed by atoms with Crippen molar-refractivity contribution in [2.45, 2.75) is 37.7 Å². The van der Waals surface area contributed by atoms with Gasteiger partial charge in [-0.2, -0.15) is 0 Å². The van der Waals surface area contributed by atoms with E-state index in [1.54, 1.807) is 24.3 Å². The Hall–Kier alpha value is -3.14. The van der Waals surface area contributed by atoms with Gasteiger partial charge in [0.25, 0.3) is 0 Å². The summed E-state index contributed by atoms with van der Waals surface area (Å²) in [5, 5.41) is 30.4. The zero-order valence-electron chi connectivity index (χ0n) is 16.2. The Morgan fingerprint density at radius 1 is 0.750 bits per heavy atom. The molecule has 0 radical (unpaired) electrons. The Labute approximate surface area is 164 Å². The number of ether oxygens (including phenoxy) is 1. The first-order valence-electron chi connectivity index (χ1n) is 9.33. The van der Waals surface area contributed by atoms with Gasteiger partial charge in [0.1, 0.15) is 28.6 Å². The van der Waals surface area contributed by atoms with Crippen LogP contribution >= 0.6 is 0 Å². The van der Waals surface area contributed by atoms with E-state index in [0.29, 0.717) is 11.3 Å². The van der Waals surface area contributed by atoms with Gasteiger partial charge >= 0.3 is 0 Å². The largest absolute Gasteiger partial charge is 0.508 e. The monoisotopic (exact) mass is 376 g/mol. The van der Waals surface area contributed by atoms with E-state index in [1.165, 1.54) is 6.07 Å². The highest BCUT2D eigenvalue weighted by molar-refractivity contribution is 5.54. The second kappa shape index (κ2) is 6.20. The minimum atomic E-state index is -0.927. The molecular formula is C24H24O4. The highest BCUT2D eigenvalue weighted by Crippen LogP contribution is 2.58. The first-order chi connectivity index (χ1) is 13.2. The molecular weight excluding hydrogens is 352 g/mol. The molecule has 2 unspecified atom stereocenters. The molecule has 0 spiro atoms. The molecule has 0 saturated heterocycles. The van der Waals surface area contributed by atoms with Gasteiger partial charge in [-0.1, -0.05) is 50.2 Å². The lowest BCUT2D eigenvalue weighted by atomic mass is 9.60. The van der Waals surface area contributed by atoms with Gasteiger partial charge in [0.05, 0.1) is 0 Å². The fourth-order valence-electron chi connectivity index (χ4n) is 4.79. The van der Waals surface area contributed by atoms with Crippen molar-refractivity contribution < 1.29 is 20.1 Å². The molecule has 0 fully saturated rings. The molecule has 1 aliphatic heterocycles. The van der Waals surface area contributed by atoms with Gasteiger partial charge in [-0.25, -0.2) is 0 Å². The number of phenolic OH excluding ortho intramolecular Hbond substituents is 3. The van der Waals surface area contributed by atoms with Crippen molar-refractivity contribution in [3.8, 4) is 23.0 Å². The van der Waals surface area contributed by atoms with E-state index in [9.17, 15) is 15.3 Å². The van der Waals surface area contributed by atoms with E-state index < -0.39 is 5.60 Å². The molecule has 3 N–H and O–H groups in total. The van der Waals surface area contributed by atoms with Crippen LogP contribution in [-0.2, 0) is 11.0 Å². The van der Waals surface area contributed by atoms with Gasteiger partial charge in [-0.15, -0.1) is 0 Å². The summed E-state index contributed by atoms with van der Waals surface area (Å²) >= 11 is 0. The van der Waals surface area contributed by atoms with E-state index in [-0.39, 0.29) is 28.6 Å². The summed E-state index contributed by atoms with van der Waals surface area (Å²) < 4.78 is 6.51. The molecule has 3 aromatic carbocycles. The van der Waals surface area contributed by atoms with Gasteiger partial charge < -0.3 is 20.1 Å². The summed E-state index contributed by atoms with van der Waals surface area (Å²) in [5.74, 6) is 0.558. The van der Waals surface area contributed by atoms with Crippen LogP contribution in [0.25, 0.3) is 0 Å². The second-order valence-electron chi connectivity index (χ2n) is 8.16. The summed E-state index contributed by atoms with van der Waals surface area (Å²) in [7, 11) is 0. The second-order valence-corrected chi connectivity index (χ2v) is 8.16. The van der Waals surface area contributed by atoms with E-state index in [4.69, 9.17) is 4.74 Å². The van der Waals surface area contributed by atoms with Crippen molar-refractivity contribution in [1.29, 1.82) is 0 Å². The average Bonchev–Trinajstić information content (AvgIpc) is 2.61. The van der Waals surface area contributed by atoms with Crippen molar-refractivity contribution in [3.05, 3.63) is 83.4 Å². The van der Waals surface area contributed by atoms with Crippen molar-refractivity contribution in [1.82, 2.24) is 0 Å². The van der Waals surface area contributed by atoms with Crippen LogP contribution in [-0.4, -0.2) is 15.3 Å². The fourth-order valence-corrected chi connectivity index (χ4v) is 4.79. The number of benzene rings is 3. The third kappa shape index (κ3) is 2.68. The molecule has 2 atom stereocenters. The van der Waals surface area contributed by atoms with Crippen molar-refractivity contribution in [2.75, 3.05) is 0 Å². The highest BCUT2D eigenvalue weighted by atomic mass is 16.5. The Bertz CT molecular complexity index is 1030. The molecule has 0 bridgehead atoms. The third-order valence-electron chi connectivity index (χ3n) is 5.90. The minimum Gasteiger partial charge on any atom is -0.508 e. The quantitative estimate of drug-likeness (QED) is 0.577. The van der Waals surface area contributed by atoms with Crippen LogP contribution in [0.15, 0.2) is 66.7 Å². The van der Waals surface area contributed by atoms with Crippen LogP contribution in [0.4, 0.5) is 0 Å². The molecule has 28 heavy (non-hydrogen) atoms. The first kappa shape index (κ1) is 18.2. The van der Waals surface area contributed by atoms with Gasteiger partial charge in [0, 0.05) is 34.6 Å². The van der Waals surface area contributed by atoms with Crippen LogP contribution < -0.4 is 4.74 Å². The summed E-state index contributed by atoms with van der Waals surface area (Å²) in [6, 6.07) is 19.9. The zero-order valence-corrected chi connectivity index (χ0v) is 16.2. The summed E-state index contributed by atoms with van der Waals surface area (Å²) in [6.07, 6.45) is 0. The first-order valence-corrected chi connectivity index (χ1v) is 9.33. The van der Waals surface area contributed by atoms with Crippen LogP contribution in [0.5, 0.6) is 23.0 Å². The van der Waals surface area contributed by atoms with Gasteiger partial charge in [-0.3, -0.25) is 0 Å². The molecule has 0 aromatic heterocycles. The average molecular weight is 376 g/mol. The molecule has 144 valence electrons. The molecule has 1 heterocycles. The van der Waals surface area contributed by atoms with Gasteiger partial charge in [-0.05, 0) is 30.7 Å². The van der Waals surface area contributed by atoms with E-state index in [0.717, 1.165) is 11.1 Å². The molecule has 0 aliphatic carbocycles. The minimum absolute atomic E-state index is 0.00535. The number of hydrogen-bond donors (Lipinski definition) is 3. The number of aromatic hydroxyl groups is 3. The lowest BCUT2D eigenvalue weighted by molar-refractivity contribution is 0.00324. The lowest BCUT2D eigenvalue weighted by Gasteiger charge is -2.51. The van der Waals surface area contributed by atoms with Crippen LogP contribution in [0.1, 0.15) is 43.4 Å². The number of fused-ring (bicyclic) bond motifs is 1. The summed E-state index contributed by atoms with van der Waals surface area (Å²) in [4.78, 5) is 0. The maximum atomic E-state index is 10.7. The number of phenols is 3. The SMILES string of the molecule is CC1(C)c2ccc(O)cc2OC(C)(c2ccc(O)cc2O)C1c1ccccc1. The van der Waals surface area contributed by atoms with Crippen molar-refractivity contribution >= 4 is 0 Å². The van der Waals surface area contributed by atoms with Crippen LogP contribution in [0, 0.1) is 0 Å². The Morgan fingerprint density at radius 3 is 2.00 bits per heavy atom. The maximum absolute atomic E-state index is 10.7. The van der Waals surface area contributed by atoms with Crippen LogP contribution in [0.2, 0.25) is 0 Å². The maximum Gasteiger partial charge on any atom is 0.142 e. The fraction of sp³-hybridized carbons (Fsp3) is 0.250. The molecule has 4 rings (SSSR count). The standard InChI is InChI=1S/C24H24O4/c1-23(2)19-12-10-17(26)14-21(19)28-24(3,18-11-9-16(25)13-20(18)27)22(23)15-7-5-4-6-8-15/h4-14,22,25-27H,1-3H3. The van der Waals surface area contributed by atoms with Crippen LogP contribution in [0.3, 0.4) is 0 Å².